The van der Waals surface area contributed by atoms with Gasteiger partial charge in [0, 0.05) is 18.6 Å². The highest BCUT2D eigenvalue weighted by Crippen LogP contribution is 2.22. The van der Waals surface area contributed by atoms with Crippen molar-refractivity contribution in [1.82, 2.24) is 0 Å². The number of fused-ring (bicyclic) bond motifs is 1. The van der Waals surface area contributed by atoms with Crippen molar-refractivity contribution in [3.8, 4) is 11.5 Å². The van der Waals surface area contributed by atoms with Crippen LogP contribution < -0.4 is 15.2 Å². The number of amidine groups is 1. The van der Waals surface area contributed by atoms with Crippen LogP contribution in [0.2, 0.25) is 0 Å². The van der Waals surface area contributed by atoms with Gasteiger partial charge in [-0.25, -0.2) is 4.79 Å². The molecule has 0 saturated carbocycles. The number of benzene rings is 3. The molecule has 3 N–H and O–H groups in total. The average Bonchev–Trinajstić information content (AvgIpc) is 2.66. The maximum atomic E-state index is 12.1. The van der Waals surface area contributed by atoms with Gasteiger partial charge in [0.15, 0.2) is 0 Å². The number of nitrogens with two attached hydrogens (primary N) is 1. The standard InChI is InChI=1S/C22H18N2O4/c1-14(25)27-19-8-2-15(3-9-19)4-11-21(26)28-20-10-7-16-12-18(22(23)24)6-5-17(16)13-20/h2-13H,1H3,(H3,23,24). The third kappa shape index (κ3) is 4.82. The van der Waals surface area contributed by atoms with Crippen LogP contribution in [-0.2, 0) is 9.59 Å². The second-order valence-corrected chi connectivity index (χ2v) is 6.05. The van der Waals surface area contributed by atoms with E-state index in [-0.39, 0.29) is 11.8 Å². The minimum absolute atomic E-state index is 0.00318. The lowest BCUT2D eigenvalue weighted by atomic mass is 10.1. The Labute approximate surface area is 161 Å². The van der Waals surface area contributed by atoms with Crippen molar-refractivity contribution in [3.05, 3.63) is 77.9 Å². The van der Waals surface area contributed by atoms with Gasteiger partial charge in [-0.1, -0.05) is 30.3 Å². The molecule has 3 aromatic carbocycles. The fourth-order valence-corrected chi connectivity index (χ4v) is 2.58. The van der Waals surface area contributed by atoms with Crippen molar-refractivity contribution in [2.45, 2.75) is 6.92 Å². The Kier molecular flexibility index (Phi) is 5.50. The van der Waals surface area contributed by atoms with Crippen LogP contribution in [0.4, 0.5) is 0 Å². The molecule has 140 valence electrons. The van der Waals surface area contributed by atoms with Crippen LogP contribution in [-0.4, -0.2) is 17.8 Å². The summed E-state index contributed by atoms with van der Waals surface area (Å²) in [6, 6.07) is 17.4. The van der Waals surface area contributed by atoms with Crippen LogP contribution in [0.5, 0.6) is 11.5 Å². The molecule has 0 unspecified atom stereocenters. The summed E-state index contributed by atoms with van der Waals surface area (Å²) in [7, 11) is 0. The molecule has 0 bridgehead atoms. The zero-order valence-electron chi connectivity index (χ0n) is 15.1. The zero-order chi connectivity index (χ0) is 20.1. The van der Waals surface area contributed by atoms with Crippen LogP contribution in [0.1, 0.15) is 18.1 Å². The molecule has 0 fully saturated rings. The summed E-state index contributed by atoms with van der Waals surface area (Å²) in [4.78, 5) is 23.0. The highest BCUT2D eigenvalue weighted by molar-refractivity contribution is 5.99. The van der Waals surface area contributed by atoms with E-state index < -0.39 is 5.97 Å². The minimum Gasteiger partial charge on any atom is -0.427 e. The molecule has 0 aliphatic carbocycles. The summed E-state index contributed by atoms with van der Waals surface area (Å²) in [5.74, 6) is -0.0359. The van der Waals surface area contributed by atoms with Gasteiger partial charge in [-0.05, 0) is 52.7 Å². The predicted molar refractivity (Wildman–Crippen MR) is 107 cm³/mol. The minimum atomic E-state index is -0.510. The van der Waals surface area contributed by atoms with Gasteiger partial charge in [0.25, 0.3) is 0 Å². The lowest BCUT2D eigenvalue weighted by Crippen LogP contribution is -2.10. The fraction of sp³-hybridized carbons (Fsp3) is 0.0455. The first-order valence-corrected chi connectivity index (χ1v) is 8.47. The molecule has 0 radical (unpaired) electrons. The number of hydrogen-bond acceptors (Lipinski definition) is 5. The molecule has 0 aromatic heterocycles. The Hall–Kier alpha value is -3.93. The second-order valence-electron chi connectivity index (χ2n) is 6.05. The smallest absolute Gasteiger partial charge is 0.336 e. The third-order valence-corrected chi connectivity index (χ3v) is 3.89. The van der Waals surface area contributed by atoms with E-state index in [1.165, 1.54) is 13.0 Å². The van der Waals surface area contributed by atoms with Gasteiger partial charge in [0.05, 0.1) is 0 Å². The molecule has 3 aromatic rings. The number of esters is 2. The van der Waals surface area contributed by atoms with E-state index in [4.69, 9.17) is 20.6 Å². The monoisotopic (exact) mass is 374 g/mol. The van der Waals surface area contributed by atoms with E-state index in [0.29, 0.717) is 17.1 Å². The van der Waals surface area contributed by atoms with Gasteiger partial charge in [-0.15, -0.1) is 0 Å². The molecule has 0 atom stereocenters. The van der Waals surface area contributed by atoms with E-state index in [1.807, 2.05) is 18.2 Å². The SMILES string of the molecule is CC(=O)Oc1ccc(C=CC(=O)Oc2ccc3cc(C(=N)N)ccc3c2)cc1. The summed E-state index contributed by atoms with van der Waals surface area (Å²) in [6.07, 6.45) is 2.93. The molecule has 0 heterocycles. The first-order chi connectivity index (χ1) is 13.4. The normalized spacial score (nSPS) is 10.8. The molecule has 28 heavy (non-hydrogen) atoms. The molecular formula is C22H18N2O4. The van der Waals surface area contributed by atoms with Crippen LogP contribution in [0.25, 0.3) is 16.8 Å². The number of rotatable bonds is 5. The van der Waals surface area contributed by atoms with E-state index in [9.17, 15) is 9.59 Å². The van der Waals surface area contributed by atoms with Crippen LogP contribution in [0, 0.1) is 5.41 Å². The Morgan fingerprint density at radius 1 is 0.893 bits per heavy atom. The molecule has 0 spiro atoms. The Morgan fingerprint density at radius 2 is 1.54 bits per heavy atom. The maximum Gasteiger partial charge on any atom is 0.336 e. The van der Waals surface area contributed by atoms with E-state index >= 15 is 0 Å². The molecule has 0 saturated heterocycles. The Bertz CT molecular complexity index is 1090. The fourth-order valence-electron chi connectivity index (χ4n) is 2.58. The Morgan fingerprint density at radius 3 is 2.21 bits per heavy atom. The van der Waals surface area contributed by atoms with Gasteiger partial charge >= 0.3 is 11.9 Å². The summed E-state index contributed by atoms with van der Waals surface area (Å²) in [6.45, 7) is 1.33. The number of nitrogens with one attached hydrogen (secondary N) is 1. The van der Waals surface area contributed by atoms with Gasteiger partial charge in [0.1, 0.15) is 17.3 Å². The highest BCUT2D eigenvalue weighted by Gasteiger charge is 2.04. The quantitative estimate of drug-likeness (QED) is 0.233. The number of nitrogen functional groups attached to an aromatic ring is 1. The predicted octanol–water partition coefficient (Wildman–Crippen LogP) is 3.67. The topological polar surface area (TPSA) is 102 Å². The molecule has 0 aliphatic heterocycles. The first kappa shape index (κ1) is 18.8. The van der Waals surface area contributed by atoms with Crippen molar-refractivity contribution in [1.29, 1.82) is 5.41 Å². The molecule has 0 aliphatic rings. The average molecular weight is 374 g/mol. The summed E-state index contributed by atoms with van der Waals surface area (Å²) < 4.78 is 10.3. The number of carbonyl (C=O) groups is 2. The van der Waals surface area contributed by atoms with E-state index in [1.54, 1.807) is 48.5 Å². The van der Waals surface area contributed by atoms with Crippen molar-refractivity contribution in [2.75, 3.05) is 0 Å². The van der Waals surface area contributed by atoms with Gasteiger partial charge < -0.3 is 15.2 Å². The molecule has 0 amide bonds. The first-order valence-electron chi connectivity index (χ1n) is 8.47. The second kappa shape index (κ2) is 8.18. The van der Waals surface area contributed by atoms with Gasteiger partial charge in [0.2, 0.25) is 0 Å². The summed E-state index contributed by atoms with van der Waals surface area (Å²) >= 11 is 0. The lowest BCUT2D eigenvalue weighted by Gasteiger charge is -2.05. The number of carbonyl (C=O) groups excluding carboxylic acids is 2. The Balaban J connectivity index is 1.67. The highest BCUT2D eigenvalue weighted by atomic mass is 16.5. The van der Waals surface area contributed by atoms with Crippen molar-refractivity contribution in [2.24, 2.45) is 5.73 Å². The molecular weight excluding hydrogens is 356 g/mol. The third-order valence-electron chi connectivity index (χ3n) is 3.89. The van der Waals surface area contributed by atoms with Crippen LogP contribution in [0.15, 0.2) is 66.7 Å². The summed E-state index contributed by atoms with van der Waals surface area (Å²) in [5, 5.41) is 9.26. The van der Waals surface area contributed by atoms with Crippen molar-refractivity contribution in [3.63, 3.8) is 0 Å². The van der Waals surface area contributed by atoms with Crippen molar-refractivity contribution < 1.29 is 19.1 Å². The largest absolute Gasteiger partial charge is 0.427 e. The van der Waals surface area contributed by atoms with Gasteiger partial charge in [-0.3, -0.25) is 10.2 Å². The maximum absolute atomic E-state index is 12.1. The van der Waals surface area contributed by atoms with Crippen molar-refractivity contribution >= 4 is 34.6 Å². The van der Waals surface area contributed by atoms with Crippen LogP contribution >= 0.6 is 0 Å². The van der Waals surface area contributed by atoms with Gasteiger partial charge in [-0.2, -0.15) is 0 Å². The van der Waals surface area contributed by atoms with E-state index in [0.717, 1.165) is 16.3 Å². The molecule has 3 rings (SSSR count). The van der Waals surface area contributed by atoms with E-state index in [2.05, 4.69) is 0 Å². The molecule has 6 heteroatoms. The van der Waals surface area contributed by atoms with Crippen LogP contribution in [0.3, 0.4) is 0 Å². The number of hydrogen-bond donors (Lipinski definition) is 2. The summed E-state index contributed by atoms with van der Waals surface area (Å²) in [5.41, 5.74) is 6.90. The molecule has 6 nitrogen and oxygen atoms in total. The zero-order valence-corrected chi connectivity index (χ0v) is 15.1. The lowest BCUT2D eigenvalue weighted by molar-refractivity contribution is -0.132. The number of ether oxygens (including phenoxy) is 2.